The molecule has 1 aliphatic rings. The fourth-order valence-corrected chi connectivity index (χ4v) is 0.655. The molecule has 0 unspecified atom stereocenters. The van der Waals surface area contributed by atoms with E-state index in [1.807, 2.05) is 19.1 Å². The summed E-state index contributed by atoms with van der Waals surface area (Å²) in [5, 5.41) is 0. The normalized spacial score (nSPS) is 18.6. The summed E-state index contributed by atoms with van der Waals surface area (Å²) in [5.74, 6) is 0.0880. The van der Waals surface area contributed by atoms with Crippen LogP contribution in [0.25, 0.3) is 0 Å². The second-order valence-corrected chi connectivity index (χ2v) is 1.84. The van der Waals surface area contributed by atoms with Gasteiger partial charge in [0.15, 0.2) is 5.78 Å². The molecule has 0 heterocycles. The van der Waals surface area contributed by atoms with Crippen LogP contribution < -0.4 is 0 Å². The Labute approximate surface area is 48.7 Å². The number of ketones is 1. The Morgan fingerprint density at radius 3 is 2.88 bits per heavy atom. The molecule has 0 spiro atoms. The zero-order valence-electron chi connectivity index (χ0n) is 4.77. The molecule has 0 aromatic carbocycles. The number of hydrogen-bond donors (Lipinski definition) is 0. The van der Waals surface area contributed by atoms with Crippen molar-refractivity contribution in [3.05, 3.63) is 23.8 Å². The van der Waals surface area contributed by atoms with Crippen LogP contribution >= 0.6 is 0 Å². The molecule has 0 saturated carbocycles. The third-order valence-corrected chi connectivity index (χ3v) is 1.01. The second-order valence-electron chi connectivity index (χ2n) is 1.84. The molecule has 0 saturated heterocycles. The summed E-state index contributed by atoms with van der Waals surface area (Å²) in [5.41, 5.74) is 0.932. The van der Waals surface area contributed by atoms with Gasteiger partial charge in [0.1, 0.15) is 0 Å². The van der Waals surface area contributed by atoms with Crippen LogP contribution in [0.4, 0.5) is 0 Å². The molecule has 0 fully saturated rings. The lowest BCUT2D eigenvalue weighted by atomic mass is 10.1. The lowest BCUT2D eigenvalue weighted by molar-refractivity contribution is -0.114. The number of rotatable bonds is 0. The van der Waals surface area contributed by atoms with Gasteiger partial charge >= 0.3 is 0 Å². The Morgan fingerprint density at radius 1 is 1.75 bits per heavy atom. The minimum absolute atomic E-state index is 0.0880. The van der Waals surface area contributed by atoms with E-state index < -0.39 is 0 Å². The largest absolute Gasteiger partial charge is 0.294 e. The van der Waals surface area contributed by atoms with Crippen molar-refractivity contribution in [1.29, 1.82) is 0 Å². The van der Waals surface area contributed by atoms with Gasteiger partial charge < -0.3 is 0 Å². The summed E-state index contributed by atoms with van der Waals surface area (Å²) < 4.78 is 0. The third-order valence-electron chi connectivity index (χ3n) is 1.01. The van der Waals surface area contributed by atoms with Gasteiger partial charge in [-0.05, 0) is 12.5 Å². The lowest BCUT2D eigenvalue weighted by Gasteiger charge is -1.95. The number of allylic oxidation sites excluding steroid dienone is 4. The molecule has 0 aromatic heterocycles. The fraction of sp³-hybridized carbons (Fsp3) is 0.286. The Balaban J connectivity index is 2.77. The zero-order chi connectivity index (χ0) is 5.98. The Kier molecular flexibility index (Phi) is 1.29. The van der Waals surface area contributed by atoms with E-state index in [1.165, 1.54) is 0 Å². The molecule has 1 aliphatic carbocycles. The Morgan fingerprint density at radius 2 is 2.50 bits per heavy atom. The smallest absolute Gasteiger partial charge is 0.167 e. The Hall–Kier alpha value is -0.850. The van der Waals surface area contributed by atoms with Crippen LogP contribution in [0.5, 0.6) is 0 Å². The number of carbonyl (C=O) groups is 1. The van der Waals surface area contributed by atoms with Gasteiger partial charge in [0, 0.05) is 12.5 Å². The summed E-state index contributed by atoms with van der Waals surface area (Å²) in [6, 6.07) is 0. The molecule has 1 radical (unpaired) electrons. The van der Waals surface area contributed by atoms with Crippen LogP contribution in [-0.4, -0.2) is 5.78 Å². The van der Waals surface area contributed by atoms with Gasteiger partial charge in [-0.15, -0.1) is 0 Å². The van der Waals surface area contributed by atoms with Crippen LogP contribution in [-0.2, 0) is 4.79 Å². The maximum Gasteiger partial charge on any atom is 0.167 e. The minimum atomic E-state index is 0.0880. The van der Waals surface area contributed by atoms with E-state index in [-0.39, 0.29) is 5.78 Å². The van der Waals surface area contributed by atoms with Crippen LogP contribution in [0.1, 0.15) is 13.3 Å². The minimum Gasteiger partial charge on any atom is -0.294 e. The molecule has 1 heteroatoms. The van der Waals surface area contributed by atoms with Crippen LogP contribution in [0.3, 0.4) is 0 Å². The van der Waals surface area contributed by atoms with Crippen LogP contribution in [0.2, 0.25) is 0 Å². The van der Waals surface area contributed by atoms with Gasteiger partial charge in [0.05, 0.1) is 0 Å². The number of hydrogen-bond acceptors (Lipinski definition) is 1. The van der Waals surface area contributed by atoms with Crippen molar-refractivity contribution in [2.24, 2.45) is 0 Å². The van der Waals surface area contributed by atoms with Crippen molar-refractivity contribution in [3.63, 3.8) is 0 Å². The predicted octanol–water partition coefficient (Wildman–Crippen LogP) is 1.26. The van der Waals surface area contributed by atoms with Crippen LogP contribution in [0.15, 0.2) is 17.7 Å². The van der Waals surface area contributed by atoms with E-state index in [4.69, 9.17) is 0 Å². The first-order valence-corrected chi connectivity index (χ1v) is 2.59. The molecule has 0 aliphatic heterocycles. The molecule has 0 N–H and O–H groups in total. The van der Waals surface area contributed by atoms with Gasteiger partial charge in [0.2, 0.25) is 0 Å². The van der Waals surface area contributed by atoms with E-state index in [1.54, 1.807) is 0 Å². The molecule has 0 bridgehead atoms. The van der Waals surface area contributed by atoms with Crippen molar-refractivity contribution in [3.8, 4) is 0 Å². The van der Waals surface area contributed by atoms with E-state index in [0.29, 0.717) is 6.42 Å². The van der Waals surface area contributed by atoms with E-state index in [0.717, 1.165) is 5.57 Å². The van der Waals surface area contributed by atoms with Gasteiger partial charge in [-0.25, -0.2) is 0 Å². The summed E-state index contributed by atoms with van der Waals surface area (Å²) in [6.45, 7) is 1.87. The van der Waals surface area contributed by atoms with Crippen molar-refractivity contribution in [2.45, 2.75) is 13.3 Å². The van der Waals surface area contributed by atoms with Gasteiger partial charge in [-0.3, -0.25) is 4.79 Å². The Bertz CT molecular complexity index is 163. The fourth-order valence-electron chi connectivity index (χ4n) is 0.655. The first kappa shape index (κ1) is 5.29. The highest BCUT2D eigenvalue weighted by molar-refractivity contribution is 5.89. The monoisotopic (exact) mass is 107 g/mol. The average molecular weight is 107 g/mol. The molecule has 0 amide bonds. The third kappa shape index (κ3) is 1.06. The summed E-state index contributed by atoms with van der Waals surface area (Å²) in [7, 11) is 0. The summed E-state index contributed by atoms with van der Waals surface area (Å²) in [6.07, 6.45) is 6.95. The van der Waals surface area contributed by atoms with E-state index in [9.17, 15) is 4.79 Å². The van der Waals surface area contributed by atoms with Crippen LogP contribution in [0, 0.1) is 6.08 Å². The lowest BCUT2D eigenvalue weighted by Crippen LogP contribution is -1.95. The van der Waals surface area contributed by atoms with Crippen molar-refractivity contribution >= 4 is 5.78 Å². The molecular weight excluding hydrogens is 100 g/mol. The molecule has 1 rings (SSSR count). The zero-order valence-corrected chi connectivity index (χ0v) is 4.77. The summed E-state index contributed by atoms with van der Waals surface area (Å²) in [4.78, 5) is 10.5. The molecule has 0 aromatic rings. The first-order valence-electron chi connectivity index (χ1n) is 2.59. The second kappa shape index (κ2) is 1.95. The molecule has 0 atom stereocenters. The molecule has 41 valence electrons. The van der Waals surface area contributed by atoms with Crippen molar-refractivity contribution in [1.82, 2.24) is 0 Å². The van der Waals surface area contributed by atoms with Crippen molar-refractivity contribution < 1.29 is 4.79 Å². The van der Waals surface area contributed by atoms with Gasteiger partial charge in [-0.1, -0.05) is 12.2 Å². The predicted molar refractivity (Wildman–Crippen MR) is 31.2 cm³/mol. The SMILES string of the molecule is CC1=[C]C(=O)CC=C1. The highest BCUT2D eigenvalue weighted by Gasteiger charge is 1.98. The number of carbonyl (C=O) groups excluding carboxylic acids is 1. The molecule has 1 nitrogen and oxygen atoms in total. The quantitative estimate of drug-likeness (QED) is 0.455. The molecule has 8 heavy (non-hydrogen) atoms. The van der Waals surface area contributed by atoms with E-state index in [2.05, 4.69) is 6.08 Å². The average Bonchev–Trinajstić information content (AvgIpc) is 1.64. The topological polar surface area (TPSA) is 17.1 Å². The van der Waals surface area contributed by atoms with Crippen molar-refractivity contribution in [2.75, 3.05) is 0 Å². The maximum atomic E-state index is 10.5. The van der Waals surface area contributed by atoms with Gasteiger partial charge in [-0.2, -0.15) is 0 Å². The van der Waals surface area contributed by atoms with Gasteiger partial charge in [0.25, 0.3) is 0 Å². The standard InChI is InChI=1S/C7H7O/c1-6-3-2-4-7(8)5-6/h2-3H,4H2,1H3. The molecular formula is C7H7O. The first-order chi connectivity index (χ1) is 3.79. The van der Waals surface area contributed by atoms with E-state index >= 15 is 0 Å². The number of Topliss-reactive ketones (excluding diaryl/α,β-unsaturated/α-hetero) is 1. The highest BCUT2D eigenvalue weighted by atomic mass is 16.1. The highest BCUT2D eigenvalue weighted by Crippen LogP contribution is 2.03. The summed E-state index contributed by atoms with van der Waals surface area (Å²) >= 11 is 0. The maximum absolute atomic E-state index is 10.5.